The lowest BCUT2D eigenvalue weighted by Crippen LogP contribution is -2.16. The van der Waals surface area contributed by atoms with Crippen LogP contribution in [0.3, 0.4) is 0 Å². The molecular formula is C20H20ClN5O2. The highest BCUT2D eigenvalue weighted by molar-refractivity contribution is 6.31. The van der Waals surface area contributed by atoms with Crippen LogP contribution < -0.4 is 10.6 Å². The van der Waals surface area contributed by atoms with Crippen molar-refractivity contribution in [3.63, 3.8) is 0 Å². The van der Waals surface area contributed by atoms with Crippen molar-refractivity contribution in [1.29, 1.82) is 0 Å². The van der Waals surface area contributed by atoms with Crippen LogP contribution in [0.15, 0.2) is 54.6 Å². The molecule has 7 nitrogen and oxygen atoms in total. The number of nitro benzene ring substituents is 1. The van der Waals surface area contributed by atoms with E-state index < -0.39 is 4.92 Å². The van der Waals surface area contributed by atoms with Gasteiger partial charge in [-0.3, -0.25) is 10.1 Å². The zero-order chi connectivity index (χ0) is 20.1. The smallest absolute Gasteiger partial charge is 0.292 e. The summed E-state index contributed by atoms with van der Waals surface area (Å²) in [4.78, 5) is 19.9. The van der Waals surface area contributed by atoms with Crippen LogP contribution in [0, 0.1) is 10.1 Å². The Balaban J connectivity index is 2.04. The maximum Gasteiger partial charge on any atom is 0.292 e. The standard InChI is InChI=1S/C20H20ClN5O2/c1-3-13(2)22-20-24-16(14-7-5-4-6-8-14)12-19(25-20)23-17-11-15(21)9-10-18(17)26(27)28/h4-13H,3H2,1-2H3,(H2,22,23,24,25)/t13-/m1/s1. The Labute approximate surface area is 168 Å². The molecule has 0 aliphatic heterocycles. The van der Waals surface area contributed by atoms with E-state index in [1.54, 1.807) is 6.07 Å². The van der Waals surface area contributed by atoms with Gasteiger partial charge in [-0.25, -0.2) is 4.98 Å². The zero-order valence-electron chi connectivity index (χ0n) is 15.5. The van der Waals surface area contributed by atoms with Crippen molar-refractivity contribution in [1.82, 2.24) is 9.97 Å². The first-order valence-electron chi connectivity index (χ1n) is 8.88. The normalized spacial score (nSPS) is 11.7. The van der Waals surface area contributed by atoms with Gasteiger partial charge in [-0.15, -0.1) is 0 Å². The van der Waals surface area contributed by atoms with Crippen LogP contribution in [0.5, 0.6) is 0 Å². The lowest BCUT2D eigenvalue weighted by Gasteiger charge is -2.15. The Morgan fingerprint density at radius 1 is 1.14 bits per heavy atom. The van der Waals surface area contributed by atoms with E-state index >= 15 is 0 Å². The van der Waals surface area contributed by atoms with Crippen LogP contribution in [-0.2, 0) is 0 Å². The van der Waals surface area contributed by atoms with Crippen molar-refractivity contribution in [3.8, 4) is 11.3 Å². The number of benzene rings is 2. The fraction of sp³-hybridized carbons (Fsp3) is 0.200. The Kier molecular flexibility index (Phi) is 6.06. The molecule has 8 heteroatoms. The molecule has 3 aromatic rings. The molecule has 1 heterocycles. The highest BCUT2D eigenvalue weighted by Crippen LogP contribution is 2.31. The van der Waals surface area contributed by atoms with Crippen molar-refractivity contribution in [2.75, 3.05) is 10.6 Å². The first-order valence-corrected chi connectivity index (χ1v) is 9.26. The number of aromatic nitrogens is 2. The van der Waals surface area contributed by atoms with Gasteiger partial charge >= 0.3 is 0 Å². The van der Waals surface area contributed by atoms with Crippen LogP contribution in [0.25, 0.3) is 11.3 Å². The minimum atomic E-state index is -0.462. The molecule has 0 aliphatic rings. The number of halogens is 1. The molecule has 3 rings (SSSR count). The van der Waals surface area contributed by atoms with Crippen LogP contribution in [0.4, 0.5) is 23.1 Å². The van der Waals surface area contributed by atoms with E-state index in [0.717, 1.165) is 12.0 Å². The topological polar surface area (TPSA) is 93.0 Å². The van der Waals surface area contributed by atoms with Crippen molar-refractivity contribution in [2.24, 2.45) is 0 Å². The summed E-state index contributed by atoms with van der Waals surface area (Å²) in [5.74, 6) is 0.882. The molecule has 144 valence electrons. The highest BCUT2D eigenvalue weighted by atomic mass is 35.5. The van der Waals surface area contributed by atoms with Gasteiger partial charge in [0.25, 0.3) is 5.69 Å². The van der Waals surface area contributed by atoms with Gasteiger partial charge in [-0.1, -0.05) is 48.9 Å². The van der Waals surface area contributed by atoms with Gasteiger partial charge in [0.1, 0.15) is 11.5 Å². The second kappa shape index (κ2) is 8.67. The van der Waals surface area contributed by atoms with Crippen LogP contribution >= 0.6 is 11.6 Å². The Hall–Kier alpha value is -3.19. The first-order chi connectivity index (χ1) is 13.5. The van der Waals surface area contributed by atoms with E-state index in [0.29, 0.717) is 22.5 Å². The van der Waals surface area contributed by atoms with E-state index in [1.165, 1.54) is 18.2 Å². The van der Waals surface area contributed by atoms with Gasteiger partial charge in [-0.05, 0) is 25.5 Å². The molecule has 28 heavy (non-hydrogen) atoms. The third-order valence-corrected chi connectivity index (χ3v) is 4.44. The molecule has 0 unspecified atom stereocenters. The Bertz CT molecular complexity index is 982. The Morgan fingerprint density at radius 3 is 2.57 bits per heavy atom. The molecule has 0 radical (unpaired) electrons. The summed E-state index contributed by atoms with van der Waals surface area (Å²) in [6.07, 6.45) is 0.904. The second-order valence-electron chi connectivity index (χ2n) is 6.33. The fourth-order valence-corrected chi connectivity index (χ4v) is 2.73. The molecular weight excluding hydrogens is 378 g/mol. The number of nitrogens with zero attached hydrogens (tertiary/aromatic N) is 3. The summed E-state index contributed by atoms with van der Waals surface area (Å²) in [6, 6.07) is 16.0. The number of rotatable bonds is 7. The average molecular weight is 398 g/mol. The molecule has 0 bridgehead atoms. The summed E-state index contributed by atoms with van der Waals surface area (Å²) in [6.45, 7) is 4.10. The minimum Gasteiger partial charge on any atom is -0.352 e. The molecule has 1 aromatic heterocycles. The van der Waals surface area contributed by atoms with Crippen molar-refractivity contribution in [2.45, 2.75) is 26.3 Å². The van der Waals surface area contributed by atoms with Gasteiger partial charge in [0.15, 0.2) is 0 Å². The van der Waals surface area contributed by atoms with E-state index in [-0.39, 0.29) is 17.4 Å². The second-order valence-corrected chi connectivity index (χ2v) is 6.76. The molecule has 0 amide bonds. The molecule has 0 saturated heterocycles. The van der Waals surface area contributed by atoms with Gasteiger partial charge in [0, 0.05) is 28.8 Å². The van der Waals surface area contributed by atoms with E-state index in [2.05, 4.69) is 27.5 Å². The quantitative estimate of drug-likeness (QED) is 0.394. The molecule has 2 aromatic carbocycles. The van der Waals surface area contributed by atoms with Crippen LogP contribution in [0.1, 0.15) is 20.3 Å². The predicted molar refractivity (Wildman–Crippen MR) is 112 cm³/mol. The van der Waals surface area contributed by atoms with Crippen LogP contribution in [-0.4, -0.2) is 20.9 Å². The van der Waals surface area contributed by atoms with Crippen molar-refractivity contribution < 1.29 is 4.92 Å². The number of hydrogen-bond donors (Lipinski definition) is 2. The van der Waals surface area contributed by atoms with E-state index in [4.69, 9.17) is 11.6 Å². The van der Waals surface area contributed by atoms with Crippen molar-refractivity contribution in [3.05, 3.63) is 69.7 Å². The van der Waals surface area contributed by atoms with Crippen LogP contribution in [0.2, 0.25) is 5.02 Å². The largest absolute Gasteiger partial charge is 0.352 e. The molecule has 0 fully saturated rings. The molecule has 1 atom stereocenters. The fourth-order valence-electron chi connectivity index (χ4n) is 2.56. The molecule has 0 spiro atoms. The maximum absolute atomic E-state index is 11.3. The number of anilines is 3. The van der Waals surface area contributed by atoms with Crippen molar-refractivity contribution >= 4 is 34.7 Å². The van der Waals surface area contributed by atoms with Gasteiger partial charge in [0.2, 0.25) is 5.95 Å². The van der Waals surface area contributed by atoms with Gasteiger partial charge in [-0.2, -0.15) is 4.98 Å². The number of nitrogens with one attached hydrogen (secondary N) is 2. The Morgan fingerprint density at radius 2 is 1.89 bits per heavy atom. The zero-order valence-corrected chi connectivity index (χ0v) is 16.3. The third kappa shape index (κ3) is 4.75. The van der Waals surface area contributed by atoms with Gasteiger partial charge in [0.05, 0.1) is 10.6 Å². The lowest BCUT2D eigenvalue weighted by atomic mass is 10.1. The lowest BCUT2D eigenvalue weighted by molar-refractivity contribution is -0.383. The number of hydrogen-bond acceptors (Lipinski definition) is 6. The van der Waals surface area contributed by atoms with E-state index in [1.807, 2.05) is 37.3 Å². The first kappa shape index (κ1) is 19.6. The molecule has 2 N–H and O–H groups in total. The monoisotopic (exact) mass is 397 g/mol. The summed E-state index contributed by atoms with van der Waals surface area (Å²) < 4.78 is 0. The number of nitro groups is 1. The maximum atomic E-state index is 11.3. The molecule has 0 saturated carbocycles. The average Bonchev–Trinajstić information content (AvgIpc) is 2.68. The summed E-state index contributed by atoms with van der Waals surface area (Å²) >= 11 is 6.03. The molecule has 0 aliphatic carbocycles. The minimum absolute atomic E-state index is 0.0827. The van der Waals surface area contributed by atoms with Gasteiger partial charge < -0.3 is 10.6 Å². The SMILES string of the molecule is CC[C@@H](C)Nc1nc(Nc2cc(Cl)ccc2[N+](=O)[O-])cc(-c2ccccc2)n1. The third-order valence-electron chi connectivity index (χ3n) is 4.20. The summed E-state index contributed by atoms with van der Waals surface area (Å²) in [5, 5.41) is 18.0. The van der Waals surface area contributed by atoms with E-state index in [9.17, 15) is 10.1 Å². The predicted octanol–water partition coefficient (Wildman–Crippen LogP) is 5.66. The highest BCUT2D eigenvalue weighted by Gasteiger charge is 2.16. The summed E-state index contributed by atoms with van der Waals surface area (Å²) in [7, 11) is 0. The summed E-state index contributed by atoms with van der Waals surface area (Å²) in [5.41, 5.74) is 1.81.